The number of hydrogen-bond donors (Lipinski definition) is 0. The molecule has 1 rings (SSSR count). The van der Waals surface area contributed by atoms with E-state index in [1.54, 1.807) is 0 Å². The Hall–Kier alpha value is -0.220. The van der Waals surface area contributed by atoms with Gasteiger partial charge in [-0.05, 0) is 0 Å². The van der Waals surface area contributed by atoms with E-state index >= 15 is 0 Å². The molecule has 0 aromatic rings. The van der Waals surface area contributed by atoms with Crippen LogP contribution in [-0.2, 0) is 9.47 Å². The van der Waals surface area contributed by atoms with E-state index in [-0.39, 0.29) is 0 Å². The Labute approximate surface area is 91.4 Å². The normalized spacial score (nSPS) is 22.9. The largest absolute Gasteiger partial charge is 0.509 e. The lowest BCUT2D eigenvalue weighted by atomic mass is 10.1. The van der Waals surface area contributed by atoms with E-state index in [9.17, 15) is 26.7 Å². The average molecular weight is 284 g/mol. The molecule has 3 nitrogen and oxygen atoms in total. The van der Waals surface area contributed by atoms with Gasteiger partial charge in [-0.3, -0.25) is 0 Å². The van der Waals surface area contributed by atoms with Crippen LogP contribution in [0.2, 0.25) is 0 Å². The first-order valence-corrected chi connectivity index (χ1v) is 5.01. The predicted molar refractivity (Wildman–Crippen MR) is 49.4 cm³/mol. The van der Waals surface area contributed by atoms with Crippen molar-refractivity contribution in [1.29, 1.82) is 0 Å². The Balaban J connectivity index is 2.96. The summed E-state index contributed by atoms with van der Waals surface area (Å²) in [6.45, 7) is -0.910. The fourth-order valence-corrected chi connectivity index (χ4v) is 1.33. The van der Waals surface area contributed by atoms with Gasteiger partial charge in [0.25, 0.3) is 0 Å². The monoisotopic (exact) mass is 284 g/mol. The molecule has 0 bridgehead atoms. The molecule has 0 amide bonds. The third kappa shape index (κ3) is 2.09. The third-order valence-electron chi connectivity index (χ3n) is 2.02. The number of alkyl halides is 5. The summed E-state index contributed by atoms with van der Waals surface area (Å²) in [5.41, 5.74) is 0. The van der Waals surface area contributed by atoms with Gasteiger partial charge in [-0.25, -0.2) is 13.6 Å². The van der Waals surface area contributed by atoms with Crippen LogP contribution in [0.5, 0.6) is 0 Å². The highest BCUT2D eigenvalue weighted by Crippen LogP contribution is 2.55. The fourth-order valence-electron chi connectivity index (χ4n) is 0.962. The molecule has 0 N–H and O–H groups in total. The second kappa shape index (κ2) is 3.91. The second-order valence-corrected chi connectivity index (χ2v) is 5.65. The zero-order valence-corrected chi connectivity index (χ0v) is 9.86. The number of hydrogen-bond acceptors (Lipinski definition) is 3. The van der Waals surface area contributed by atoms with Gasteiger partial charge in [0.1, 0.15) is 6.61 Å². The van der Waals surface area contributed by atoms with Crippen molar-refractivity contribution < 1.29 is 36.2 Å². The standard InChI is InChI=1S/C6H7F5O3P2/c7-4(8,2-1-13-3(12)14-2)5(15,16)6(9,10)11/h2H,1,15-16H2. The van der Waals surface area contributed by atoms with Crippen molar-refractivity contribution in [2.75, 3.05) is 6.61 Å². The molecule has 0 aromatic heterocycles. The van der Waals surface area contributed by atoms with E-state index < -0.39 is 35.9 Å². The van der Waals surface area contributed by atoms with Gasteiger partial charge in [0, 0.05) is 0 Å². The van der Waals surface area contributed by atoms with Crippen LogP contribution in [0.25, 0.3) is 0 Å². The lowest BCUT2D eigenvalue weighted by Gasteiger charge is -2.36. The molecule has 10 heteroatoms. The minimum Gasteiger partial charge on any atom is -0.430 e. The Morgan fingerprint density at radius 1 is 1.19 bits per heavy atom. The molecule has 0 aliphatic carbocycles. The molecule has 1 aliphatic heterocycles. The lowest BCUT2D eigenvalue weighted by Crippen LogP contribution is -2.56. The molecular formula is C6H7F5O3P2. The first-order chi connectivity index (χ1) is 7.00. The first-order valence-electron chi connectivity index (χ1n) is 3.86. The van der Waals surface area contributed by atoms with Crippen molar-refractivity contribution >= 4 is 24.6 Å². The summed E-state index contributed by atoms with van der Waals surface area (Å²) in [4.78, 5) is 6.93. The Morgan fingerprint density at radius 2 is 1.69 bits per heavy atom. The van der Waals surface area contributed by atoms with E-state index in [4.69, 9.17) is 0 Å². The molecule has 1 heterocycles. The Bertz CT molecular complexity index is 303. The molecule has 3 atom stereocenters. The molecule has 94 valence electrons. The van der Waals surface area contributed by atoms with Crippen molar-refractivity contribution in [3.63, 3.8) is 0 Å². The van der Waals surface area contributed by atoms with Crippen LogP contribution in [0.4, 0.5) is 26.7 Å². The number of halogens is 5. The molecule has 0 radical (unpaired) electrons. The van der Waals surface area contributed by atoms with E-state index in [2.05, 4.69) is 9.47 Å². The van der Waals surface area contributed by atoms with Crippen LogP contribution >= 0.6 is 18.5 Å². The molecule has 0 aromatic carbocycles. The Kier molecular flexibility index (Phi) is 3.39. The molecule has 0 saturated carbocycles. The van der Waals surface area contributed by atoms with Crippen LogP contribution in [-0.4, -0.2) is 35.9 Å². The smallest absolute Gasteiger partial charge is 0.430 e. The minimum atomic E-state index is -5.19. The molecular weight excluding hydrogens is 277 g/mol. The fraction of sp³-hybridized carbons (Fsp3) is 0.833. The quantitative estimate of drug-likeness (QED) is 0.443. The SMILES string of the molecule is O=C1OCC(C(F)(F)C(P)(P)C(F)(F)F)O1. The maximum absolute atomic E-state index is 13.5. The summed E-state index contributed by atoms with van der Waals surface area (Å²) in [5.74, 6) is -4.33. The van der Waals surface area contributed by atoms with Gasteiger partial charge in [-0.1, -0.05) is 0 Å². The molecule has 16 heavy (non-hydrogen) atoms. The van der Waals surface area contributed by atoms with Gasteiger partial charge in [-0.2, -0.15) is 13.2 Å². The van der Waals surface area contributed by atoms with Crippen molar-refractivity contribution in [3.8, 4) is 0 Å². The van der Waals surface area contributed by atoms with E-state index in [0.29, 0.717) is 0 Å². The van der Waals surface area contributed by atoms with Crippen molar-refractivity contribution in [1.82, 2.24) is 0 Å². The maximum Gasteiger partial charge on any atom is 0.509 e. The van der Waals surface area contributed by atoms with E-state index in [1.165, 1.54) is 0 Å². The van der Waals surface area contributed by atoms with Crippen molar-refractivity contribution in [3.05, 3.63) is 0 Å². The molecule has 1 fully saturated rings. The minimum absolute atomic E-state index is 0.910. The van der Waals surface area contributed by atoms with Crippen LogP contribution in [0.1, 0.15) is 0 Å². The summed E-state index contributed by atoms with van der Waals surface area (Å²) in [6.07, 6.45) is -8.85. The topological polar surface area (TPSA) is 35.5 Å². The highest BCUT2D eigenvalue weighted by molar-refractivity contribution is 7.40. The zero-order chi connectivity index (χ0) is 12.8. The van der Waals surface area contributed by atoms with Crippen LogP contribution < -0.4 is 0 Å². The number of ether oxygens (including phenoxy) is 2. The molecule has 1 saturated heterocycles. The summed E-state index contributed by atoms with van der Waals surface area (Å²) in [7, 11) is 2.03. The molecule has 3 unspecified atom stereocenters. The van der Waals surface area contributed by atoms with Crippen LogP contribution in [0.15, 0.2) is 0 Å². The van der Waals surface area contributed by atoms with Gasteiger partial charge in [0.2, 0.25) is 6.10 Å². The van der Waals surface area contributed by atoms with Gasteiger partial charge in [0.15, 0.2) is 4.90 Å². The lowest BCUT2D eigenvalue weighted by molar-refractivity contribution is -0.214. The maximum atomic E-state index is 13.5. The number of carbonyl (C=O) groups is 1. The van der Waals surface area contributed by atoms with Gasteiger partial charge < -0.3 is 9.47 Å². The predicted octanol–water partition coefficient (Wildman–Crippen LogP) is 2.17. The zero-order valence-electron chi connectivity index (χ0n) is 7.55. The molecule has 1 aliphatic rings. The van der Waals surface area contributed by atoms with Crippen molar-refractivity contribution in [2.45, 2.75) is 23.1 Å². The van der Waals surface area contributed by atoms with Gasteiger partial charge >= 0.3 is 18.3 Å². The highest BCUT2D eigenvalue weighted by atomic mass is 31.1. The summed E-state index contributed by atoms with van der Waals surface area (Å²) >= 11 is 0. The van der Waals surface area contributed by atoms with E-state index in [1.807, 2.05) is 0 Å². The second-order valence-electron chi connectivity index (χ2n) is 3.16. The van der Waals surface area contributed by atoms with Crippen molar-refractivity contribution in [2.24, 2.45) is 0 Å². The van der Waals surface area contributed by atoms with E-state index in [0.717, 1.165) is 18.5 Å². The van der Waals surface area contributed by atoms with Gasteiger partial charge in [0.05, 0.1) is 0 Å². The number of cyclic esters (lactones) is 2. The van der Waals surface area contributed by atoms with Crippen LogP contribution in [0, 0.1) is 0 Å². The first kappa shape index (κ1) is 13.8. The summed E-state index contributed by atoms with van der Waals surface area (Å²) < 4.78 is 72.0. The average Bonchev–Trinajstić information content (AvgIpc) is 2.49. The summed E-state index contributed by atoms with van der Waals surface area (Å²) in [5, 5.41) is 0. The summed E-state index contributed by atoms with van der Waals surface area (Å²) in [6, 6.07) is 0. The number of carbonyl (C=O) groups excluding carboxylic acids is 1. The third-order valence-corrected chi connectivity index (χ3v) is 3.44. The molecule has 0 spiro atoms. The van der Waals surface area contributed by atoms with Gasteiger partial charge in [-0.15, -0.1) is 18.5 Å². The highest BCUT2D eigenvalue weighted by Gasteiger charge is 2.69. The Morgan fingerprint density at radius 3 is 2.00 bits per heavy atom. The number of rotatable bonds is 2. The van der Waals surface area contributed by atoms with Crippen LogP contribution in [0.3, 0.4) is 0 Å².